The Morgan fingerprint density at radius 3 is 2.69 bits per heavy atom. The number of aryl methyl sites for hydroxylation is 2. The Morgan fingerprint density at radius 2 is 2.04 bits per heavy atom. The van der Waals surface area contributed by atoms with Gasteiger partial charge in [-0.25, -0.2) is 4.68 Å². The molecule has 2 N–H and O–H groups in total. The zero-order chi connectivity index (χ0) is 18.7. The Morgan fingerprint density at radius 1 is 1.27 bits per heavy atom. The molecule has 0 amide bonds. The Hall–Kier alpha value is -1.69. The number of hydrogen-bond donors (Lipinski definition) is 2. The van der Waals surface area contributed by atoms with Gasteiger partial charge in [0.15, 0.2) is 0 Å². The van der Waals surface area contributed by atoms with Gasteiger partial charge < -0.3 is 10.2 Å². The lowest BCUT2D eigenvalue weighted by molar-refractivity contribution is -0.0819. The van der Waals surface area contributed by atoms with Crippen LogP contribution in [-0.4, -0.2) is 50.7 Å². The van der Waals surface area contributed by atoms with E-state index in [0.29, 0.717) is 6.42 Å². The largest absolute Gasteiger partial charge is 0.396 e. The zero-order valence-corrected chi connectivity index (χ0v) is 16.1. The van der Waals surface area contributed by atoms with E-state index in [-0.39, 0.29) is 6.61 Å². The van der Waals surface area contributed by atoms with Gasteiger partial charge in [0.1, 0.15) is 0 Å². The molecule has 2 heterocycles. The summed E-state index contributed by atoms with van der Waals surface area (Å²) in [7, 11) is 0. The van der Waals surface area contributed by atoms with Crippen LogP contribution in [0.1, 0.15) is 43.1 Å². The third kappa shape index (κ3) is 3.70. The van der Waals surface area contributed by atoms with Crippen molar-refractivity contribution in [3.05, 3.63) is 47.3 Å². The van der Waals surface area contributed by atoms with Gasteiger partial charge in [0.25, 0.3) is 0 Å². The number of aliphatic hydroxyl groups is 2. The Labute approximate surface area is 156 Å². The van der Waals surface area contributed by atoms with Gasteiger partial charge in [-0.05, 0) is 44.4 Å². The topological polar surface area (TPSA) is 61.5 Å². The minimum absolute atomic E-state index is 0.0393. The molecule has 3 rings (SSSR count). The van der Waals surface area contributed by atoms with Crippen molar-refractivity contribution in [1.82, 2.24) is 14.7 Å². The molecule has 1 aliphatic rings. The van der Waals surface area contributed by atoms with E-state index < -0.39 is 11.5 Å². The summed E-state index contributed by atoms with van der Waals surface area (Å²) in [6, 6.07) is 10.5. The first-order valence-corrected chi connectivity index (χ1v) is 9.62. The first-order chi connectivity index (χ1) is 12.5. The van der Waals surface area contributed by atoms with Gasteiger partial charge >= 0.3 is 0 Å². The van der Waals surface area contributed by atoms with Crippen LogP contribution in [0.4, 0.5) is 0 Å². The van der Waals surface area contributed by atoms with Gasteiger partial charge in [0, 0.05) is 30.7 Å². The van der Waals surface area contributed by atoms with Gasteiger partial charge in [-0.1, -0.05) is 31.5 Å². The summed E-state index contributed by atoms with van der Waals surface area (Å²) < 4.78 is 2.01. The van der Waals surface area contributed by atoms with Crippen LogP contribution in [0.3, 0.4) is 0 Å². The average molecular weight is 357 g/mol. The summed E-state index contributed by atoms with van der Waals surface area (Å²) in [4.78, 5) is 2.36. The highest BCUT2D eigenvalue weighted by Crippen LogP contribution is 2.35. The van der Waals surface area contributed by atoms with Crippen LogP contribution in [0, 0.1) is 19.3 Å². The number of nitrogens with zero attached hydrogens (tertiary/aromatic N) is 3. The summed E-state index contributed by atoms with van der Waals surface area (Å²) >= 11 is 0. The number of rotatable bonds is 6. The molecule has 26 heavy (non-hydrogen) atoms. The quantitative estimate of drug-likeness (QED) is 0.835. The SMILES string of the molecule is CCC[C@@]1(CO)CN(Cc2ccccc2-n2nc(C)cc2C)CC[C@H]1O. The Kier molecular flexibility index (Phi) is 5.80. The van der Waals surface area contributed by atoms with Crippen LogP contribution >= 0.6 is 0 Å². The molecule has 5 nitrogen and oxygen atoms in total. The highest BCUT2D eigenvalue weighted by Gasteiger charge is 2.41. The van der Waals surface area contributed by atoms with Crippen molar-refractivity contribution in [2.45, 2.75) is 52.7 Å². The third-order valence-corrected chi connectivity index (χ3v) is 5.65. The van der Waals surface area contributed by atoms with Crippen molar-refractivity contribution in [3.63, 3.8) is 0 Å². The number of aliphatic hydroxyl groups excluding tert-OH is 2. The second-order valence-electron chi connectivity index (χ2n) is 7.75. The van der Waals surface area contributed by atoms with Gasteiger partial charge in [-0.15, -0.1) is 0 Å². The van der Waals surface area contributed by atoms with Crippen molar-refractivity contribution in [1.29, 1.82) is 0 Å². The number of likely N-dealkylation sites (tertiary alicyclic amines) is 1. The third-order valence-electron chi connectivity index (χ3n) is 5.65. The van der Waals surface area contributed by atoms with Crippen LogP contribution in [0.25, 0.3) is 5.69 Å². The Bertz CT molecular complexity index is 743. The first kappa shape index (κ1) is 19.1. The molecule has 1 saturated heterocycles. The number of piperidine rings is 1. The van der Waals surface area contributed by atoms with E-state index >= 15 is 0 Å². The van der Waals surface area contributed by atoms with Crippen LogP contribution in [0.2, 0.25) is 0 Å². The molecule has 5 heteroatoms. The fourth-order valence-electron chi connectivity index (χ4n) is 4.32. The fraction of sp³-hybridized carbons (Fsp3) is 0.571. The molecule has 1 aromatic carbocycles. The van der Waals surface area contributed by atoms with E-state index in [1.165, 1.54) is 5.56 Å². The molecule has 0 bridgehead atoms. The summed E-state index contributed by atoms with van der Waals surface area (Å²) in [5, 5.41) is 25.1. The molecule has 1 aliphatic heterocycles. The molecule has 2 atom stereocenters. The predicted molar refractivity (Wildman–Crippen MR) is 103 cm³/mol. The molecule has 1 aromatic heterocycles. The highest BCUT2D eigenvalue weighted by atomic mass is 16.3. The van der Waals surface area contributed by atoms with E-state index in [1.807, 2.05) is 17.7 Å². The second-order valence-corrected chi connectivity index (χ2v) is 7.75. The lowest BCUT2D eigenvalue weighted by Gasteiger charge is -2.45. The van der Waals surface area contributed by atoms with Crippen molar-refractivity contribution in [2.75, 3.05) is 19.7 Å². The molecule has 0 saturated carbocycles. The minimum Gasteiger partial charge on any atom is -0.396 e. The molecule has 1 fully saturated rings. The first-order valence-electron chi connectivity index (χ1n) is 9.62. The van der Waals surface area contributed by atoms with E-state index in [0.717, 1.165) is 49.6 Å². The van der Waals surface area contributed by atoms with Crippen molar-refractivity contribution in [2.24, 2.45) is 5.41 Å². The Balaban J connectivity index is 1.85. The smallest absolute Gasteiger partial charge is 0.0693 e. The molecule has 2 aromatic rings. The summed E-state index contributed by atoms with van der Waals surface area (Å²) in [6.45, 7) is 8.61. The van der Waals surface area contributed by atoms with Crippen molar-refractivity contribution < 1.29 is 10.2 Å². The molecular weight excluding hydrogens is 326 g/mol. The highest BCUT2D eigenvalue weighted by molar-refractivity contribution is 5.42. The maximum absolute atomic E-state index is 10.5. The molecule has 0 radical (unpaired) electrons. The molecule has 0 unspecified atom stereocenters. The van der Waals surface area contributed by atoms with E-state index in [2.05, 4.69) is 48.1 Å². The van der Waals surface area contributed by atoms with Crippen molar-refractivity contribution in [3.8, 4) is 5.69 Å². The average Bonchev–Trinajstić information content (AvgIpc) is 2.96. The molecule has 0 spiro atoms. The van der Waals surface area contributed by atoms with Gasteiger partial charge in [0.05, 0.1) is 24.1 Å². The van der Waals surface area contributed by atoms with Gasteiger partial charge in [-0.2, -0.15) is 5.10 Å². The van der Waals surface area contributed by atoms with Crippen LogP contribution < -0.4 is 0 Å². The lowest BCUT2D eigenvalue weighted by atomic mass is 9.74. The zero-order valence-electron chi connectivity index (χ0n) is 16.1. The number of benzene rings is 1. The summed E-state index contributed by atoms with van der Waals surface area (Å²) in [5.41, 5.74) is 4.06. The number of hydrogen-bond acceptors (Lipinski definition) is 4. The van der Waals surface area contributed by atoms with Crippen LogP contribution in [-0.2, 0) is 6.54 Å². The lowest BCUT2D eigenvalue weighted by Crippen LogP contribution is -2.53. The van der Waals surface area contributed by atoms with Crippen LogP contribution in [0.5, 0.6) is 0 Å². The molecule has 0 aliphatic carbocycles. The maximum atomic E-state index is 10.5. The standard InChI is InChI=1S/C21H31N3O2/c1-4-10-21(15-25)14-23(11-9-20(21)26)13-18-7-5-6-8-19(18)24-17(3)12-16(2)22-24/h5-8,12,20,25-26H,4,9-11,13-15H2,1-3H3/t20-,21+/m1/s1. The van der Waals surface area contributed by atoms with Gasteiger partial charge in [0.2, 0.25) is 0 Å². The van der Waals surface area contributed by atoms with E-state index in [4.69, 9.17) is 0 Å². The van der Waals surface area contributed by atoms with Crippen molar-refractivity contribution >= 4 is 0 Å². The second kappa shape index (κ2) is 7.91. The monoisotopic (exact) mass is 357 g/mol. The summed E-state index contributed by atoms with van der Waals surface area (Å²) in [6.07, 6.45) is 2.10. The molecular formula is C21H31N3O2. The number of aromatic nitrogens is 2. The molecule has 142 valence electrons. The number of para-hydroxylation sites is 1. The predicted octanol–water partition coefficient (Wildman–Crippen LogP) is 2.83. The maximum Gasteiger partial charge on any atom is 0.0693 e. The van der Waals surface area contributed by atoms with E-state index in [9.17, 15) is 10.2 Å². The minimum atomic E-state index is -0.421. The summed E-state index contributed by atoms with van der Waals surface area (Å²) in [5.74, 6) is 0. The van der Waals surface area contributed by atoms with Gasteiger partial charge in [-0.3, -0.25) is 4.90 Å². The normalized spacial score (nSPS) is 24.1. The van der Waals surface area contributed by atoms with E-state index in [1.54, 1.807) is 0 Å². The van der Waals surface area contributed by atoms with Crippen LogP contribution in [0.15, 0.2) is 30.3 Å². The fourth-order valence-corrected chi connectivity index (χ4v) is 4.32.